The van der Waals surface area contributed by atoms with Crippen molar-refractivity contribution in [3.8, 4) is 33.4 Å². The molecule has 1 aromatic heterocycles. The van der Waals surface area contributed by atoms with E-state index in [2.05, 4.69) is 0 Å². The summed E-state index contributed by atoms with van der Waals surface area (Å²) in [7, 11) is 0. The van der Waals surface area contributed by atoms with Crippen molar-refractivity contribution in [1.82, 2.24) is 0 Å². The van der Waals surface area contributed by atoms with Crippen LogP contribution in [-0.4, -0.2) is 0 Å². The normalized spacial score (nSPS) is 14.8. The Balaban J connectivity index is 1.53. The van der Waals surface area contributed by atoms with Crippen LogP contribution in [0.2, 0.25) is 0 Å². The number of para-hydroxylation sites is 2. The smallest absolute Gasteiger partial charge is 0.143 e. The highest BCUT2D eigenvalue weighted by molar-refractivity contribution is 6.24. The van der Waals surface area contributed by atoms with Crippen molar-refractivity contribution < 1.29 is 16.8 Å². The molecule has 0 saturated heterocycles. The lowest BCUT2D eigenvalue weighted by Gasteiger charge is -2.18. The Bertz CT molecular complexity index is 2590. The van der Waals surface area contributed by atoms with E-state index in [9.17, 15) is 1.37 Å². The van der Waals surface area contributed by atoms with Crippen molar-refractivity contribution in [2.45, 2.75) is 0 Å². The zero-order valence-corrected chi connectivity index (χ0v) is 20.6. The molecule has 0 bridgehead atoms. The number of benzene rings is 7. The van der Waals surface area contributed by atoms with Crippen molar-refractivity contribution in [2.24, 2.45) is 0 Å². The molecule has 1 heteroatoms. The minimum Gasteiger partial charge on any atom is -0.455 e. The number of rotatable bonds is 3. The van der Waals surface area contributed by atoms with Crippen LogP contribution < -0.4 is 0 Å². The van der Waals surface area contributed by atoms with Crippen molar-refractivity contribution in [2.75, 3.05) is 0 Å². The van der Waals surface area contributed by atoms with Gasteiger partial charge in [0.1, 0.15) is 11.2 Å². The highest BCUT2D eigenvalue weighted by Crippen LogP contribution is 2.46. The van der Waals surface area contributed by atoms with Crippen LogP contribution in [0.3, 0.4) is 0 Å². The fourth-order valence-corrected chi connectivity index (χ4v) is 5.60. The van der Waals surface area contributed by atoms with Crippen LogP contribution in [0.1, 0.15) is 12.3 Å². The molecule has 0 radical (unpaired) electrons. The van der Waals surface area contributed by atoms with Gasteiger partial charge in [-0.3, -0.25) is 0 Å². The van der Waals surface area contributed by atoms with Gasteiger partial charge in [0.2, 0.25) is 0 Å². The maximum atomic E-state index is 9.45. The van der Waals surface area contributed by atoms with Crippen molar-refractivity contribution in [3.63, 3.8) is 0 Å². The number of hydrogen-bond donors (Lipinski definition) is 0. The summed E-state index contributed by atoms with van der Waals surface area (Å²) in [6.45, 7) is 0. The van der Waals surface area contributed by atoms with Crippen molar-refractivity contribution in [1.29, 1.82) is 0 Å². The Labute approximate surface area is 239 Å². The molecule has 0 saturated carbocycles. The minimum atomic E-state index is -0.604. The van der Waals surface area contributed by atoms with Gasteiger partial charge in [-0.05, 0) is 55.9 Å². The van der Waals surface area contributed by atoms with E-state index in [1.807, 2.05) is 91.0 Å². The van der Waals surface area contributed by atoms with Crippen LogP contribution in [-0.2, 0) is 0 Å². The van der Waals surface area contributed by atoms with Crippen LogP contribution in [0.5, 0.6) is 0 Å². The van der Waals surface area contributed by atoms with Crippen LogP contribution in [0.25, 0.3) is 76.9 Å². The van der Waals surface area contributed by atoms with Crippen LogP contribution in [0, 0.1) is 0 Å². The predicted octanol–water partition coefficient (Wildman–Crippen LogP) is 10.9. The van der Waals surface area contributed by atoms with Crippen LogP contribution >= 0.6 is 0 Å². The van der Waals surface area contributed by atoms with E-state index >= 15 is 0 Å². The summed E-state index contributed by atoms with van der Waals surface area (Å²) in [6.07, 6.45) is 0. The summed E-state index contributed by atoms with van der Waals surface area (Å²) in [5, 5.41) is 4.95. The monoisotopic (exact) mass is 505 g/mol. The fraction of sp³-hybridized carbons (Fsp3) is 0. The minimum absolute atomic E-state index is 0.0405. The number of hydrogen-bond acceptors (Lipinski definition) is 1. The first-order valence-corrected chi connectivity index (χ1v) is 12.6. The maximum Gasteiger partial charge on any atom is 0.143 e. The largest absolute Gasteiger partial charge is 0.455 e. The molecule has 1 heterocycles. The molecule has 7 aromatic carbocycles. The fourth-order valence-electron chi connectivity index (χ4n) is 5.60. The second-order valence-corrected chi connectivity index (χ2v) is 9.37. The van der Waals surface area contributed by atoms with E-state index in [4.69, 9.17) is 15.4 Å². The number of fused-ring (bicyclic) bond motifs is 5. The average molecular weight is 506 g/mol. The summed E-state index contributed by atoms with van der Waals surface area (Å²) >= 11 is 0. The van der Waals surface area contributed by atoms with E-state index in [1.165, 1.54) is 0 Å². The second kappa shape index (κ2) is 8.72. The maximum absolute atomic E-state index is 9.45. The molecule has 0 N–H and O–H groups in total. The lowest BCUT2D eigenvalue weighted by molar-refractivity contribution is 0.670. The first-order chi connectivity index (χ1) is 23.1. The first kappa shape index (κ1) is 14.7. The van der Waals surface area contributed by atoms with Gasteiger partial charge in [0.25, 0.3) is 0 Å². The average Bonchev–Trinajstić information content (AvgIpc) is 3.49. The Morgan fingerprint density at radius 3 is 1.72 bits per heavy atom. The van der Waals surface area contributed by atoms with E-state index in [0.29, 0.717) is 16.3 Å². The van der Waals surface area contributed by atoms with Gasteiger partial charge in [0.05, 0.1) is 12.3 Å². The molecule has 39 heavy (non-hydrogen) atoms. The molecular formula is C38H24O. The highest BCUT2D eigenvalue weighted by Gasteiger charge is 2.20. The van der Waals surface area contributed by atoms with E-state index in [-0.39, 0.29) is 28.8 Å². The Morgan fingerprint density at radius 1 is 0.436 bits per heavy atom. The van der Waals surface area contributed by atoms with E-state index in [1.54, 1.807) is 0 Å². The molecule has 0 aliphatic carbocycles. The molecule has 8 aromatic rings. The molecule has 8 rings (SSSR count). The quantitative estimate of drug-likeness (QED) is 0.218. The van der Waals surface area contributed by atoms with Gasteiger partial charge >= 0.3 is 0 Å². The number of furan rings is 1. The molecular weight excluding hydrogens is 472 g/mol. The van der Waals surface area contributed by atoms with Gasteiger partial charge in [0.15, 0.2) is 0 Å². The first-order valence-electron chi connectivity index (χ1n) is 17.1. The lowest BCUT2D eigenvalue weighted by Crippen LogP contribution is -1.91. The molecule has 0 amide bonds. The van der Waals surface area contributed by atoms with Crippen LogP contribution in [0.4, 0.5) is 0 Å². The van der Waals surface area contributed by atoms with Crippen molar-refractivity contribution >= 4 is 43.5 Å². The molecule has 1 nitrogen and oxygen atoms in total. The second-order valence-electron chi connectivity index (χ2n) is 9.37. The molecule has 0 aliphatic heterocycles. The van der Waals surface area contributed by atoms with Crippen molar-refractivity contribution in [3.05, 3.63) is 145 Å². The molecule has 0 spiro atoms. The molecule has 0 atom stereocenters. The zero-order chi connectivity index (χ0) is 33.6. The highest BCUT2D eigenvalue weighted by atomic mass is 16.3. The lowest BCUT2D eigenvalue weighted by atomic mass is 9.85. The molecule has 0 fully saturated rings. The topological polar surface area (TPSA) is 13.1 Å². The summed E-state index contributed by atoms with van der Waals surface area (Å²) in [5.74, 6) is 0. The van der Waals surface area contributed by atoms with Gasteiger partial charge in [-0.2, -0.15) is 0 Å². The van der Waals surface area contributed by atoms with Crippen LogP contribution in [0.15, 0.2) is 150 Å². The third-order valence-electron chi connectivity index (χ3n) is 7.23. The summed E-state index contributed by atoms with van der Waals surface area (Å²) in [4.78, 5) is 0. The third kappa shape index (κ3) is 3.41. The van der Waals surface area contributed by atoms with Gasteiger partial charge in [-0.1, -0.05) is 133 Å². The summed E-state index contributed by atoms with van der Waals surface area (Å²) < 4.78 is 84.3. The molecule has 0 unspecified atom stereocenters. The Hall–Kier alpha value is -5.14. The SMILES string of the molecule is [2H]c1c([2H])c([2H])c(-c2c([2H])c([2H])c([2H])c(-c3c4ccccc4c(-c4cccc5c4oc4ccccc45)c4ccccc34)c2[2H])c([2H])c1[2H]. The summed E-state index contributed by atoms with van der Waals surface area (Å²) in [6, 6.07) is 24.4. The van der Waals surface area contributed by atoms with E-state index in [0.717, 1.165) is 43.8 Å². The molecule has 182 valence electrons. The Morgan fingerprint density at radius 2 is 1.00 bits per heavy atom. The van der Waals surface area contributed by atoms with Gasteiger partial charge < -0.3 is 4.42 Å². The van der Waals surface area contributed by atoms with E-state index < -0.39 is 42.3 Å². The third-order valence-corrected chi connectivity index (χ3v) is 7.23. The summed E-state index contributed by atoms with van der Waals surface area (Å²) in [5.41, 5.74) is 3.14. The Kier molecular flexibility index (Phi) is 3.29. The van der Waals surface area contributed by atoms with Gasteiger partial charge in [-0.15, -0.1) is 0 Å². The van der Waals surface area contributed by atoms with Gasteiger partial charge in [0, 0.05) is 21.9 Å². The standard InChI is InChI=1S/C38H24O/c1-2-12-25(13-3-1)26-14-10-15-27(24-26)36-29-17-4-6-19-31(29)37(32-20-7-5-18-30(32)36)34-22-11-21-33-28-16-8-9-23-35(28)39-38(33)34/h1-24H/i1D,2D,3D,10D,12D,13D,14D,15D,24D. The van der Waals surface area contributed by atoms with Gasteiger partial charge in [-0.25, -0.2) is 0 Å². The molecule has 0 aliphatic rings. The zero-order valence-electron chi connectivity index (χ0n) is 29.6. The predicted molar refractivity (Wildman–Crippen MR) is 165 cm³/mol.